The number of ether oxygens (including phenoxy) is 1. The van der Waals surface area contributed by atoms with E-state index in [9.17, 15) is 9.59 Å². The standard InChI is InChI=1S/C26H26N4O3S2/c1-2-33-18-11-12-20-23(16-18)35-26(28-20)34-17-24(31)30-15-7-10-22(30)25(32)27-19-8-3-4-9-21(19)29-13-5-6-14-29/h3-6,8-9,11-14,16,22H,2,7,10,15,17H2,1H3,(H,27,32)/t22-/m0/s1. The minimum absolute atomic E-state index is 0.0411. The van der Waals surface area contributed by atoms with E-state index >= 15 is 0 Å². The topological polar surface area (TPSA) is 76.5 Å². The number of hydrogen-bond donors (Lipinski definition) is 1. The second-order valence-electron chi connectivity index (χ2n) is 8.17. The molecule has 0 saturated carbocycles. The maximum Gasteiger partial charge on any atom is 0.247 e. The monoisotopic (exact) mass is 506 g/mol. The number of fused-ring (bicyclic) bond motifs is 1. The summed E-state index contributed by atoms with van der Waals surface area (Å²) in [5.74, 6) is 0.882. The van der Waals surface area contributed by atoms with Crippen LogP contribution in [-0.2, 0) is 9.59 Å². The van der Waals surface area contributed by atoms with Gasteiger partial charge in [0.15, 0.2) is 4.34 Å². The van der Waals surface area contributed by atoms with Gasteiger partial charge in [0.1, 0.15) is 11.8 Å². The Balaban J connectivity index is 1.23. The first-order valence-electron chi connectivity index (χ1n) is 11.6. The number of carbonyl (C=O) groups excluding carboxylic acids is 2. The molecular weight excluding hydrogens is 480 g/mol. The molecular formula is C26H26N4O3S2. The van der Waals surface area contributed by atoms with E-state index in [1.54, 1.807) is 16.2 Å². The molecule has 1 N–H and O–H groups in total. The number of rotatable bonds is 8. The van der Waals surface area contributed by atoms with Gasteiger partial charge in [-0.3, -0.25) is 9.59 Å². The highest BCUT2D eigenvalue weighted by molar-refractivity contribution is 8.01. The fourth-order valence-electron chi connectivity index (χ4n) is 4.26. The van der Waals surface area contributed by atoms with Crippen LogP contribution in [0.3, 0.4) is 0 Å². The Morgan fingerprint density at radius 3 is 2.83 bits per heavy atom. The zero-order valence-corrected chi connectivity index (χ0v) is 21.0. The number of nitrogens with zero attached hydrogens (tertiary/aromatic N) is 3. The van der Waals surface area contributed by atoms with Crippen molar-refractivity contribution in [2.75, 3.05) is 24.2 Å². The van der Waals surface area contributed by atoms with E-state index in [0.29, 0.717) is 19.6 Å². The second kappa shape index (κ2) is 10.5. The van der Waals surface area contributed by atoms with Gasteiger partial charge in [0.2, 0.25) is 11.8 Å². The van der Waals surface area contributed by atoms with Crippen LogP contribution in [0, 0.1) is 0 Å². The van der Waals surface area contributed by atoms with E-state index in [0.717, 1.165) is 38.1 Å². The van der Waals surface area contributed by atoms with Gasteiger partial charge in [-0.2, -0.15) is 0 Å². The highest BCUT2D eigenvalue weighted by Crippen LogP contribution is 2.32. The molecule has 5 rings (SSSR count). The van der Waals surface area contributed by atoms with E-state index in [1.807, 2.05) is 78.5 Å². The van der Waals surface area contributed by atoms with Gasteiger partial charge in [-0.15, -0.1) is 11.3 Å². The molecule has 2 amide bonds. The predicted octanol–water partition coefficient (Wildman–Crippen LogP) is 5.21. The van der Waals surface area contributed by atoms with Gasteiger partial charge in [-0.1, -0.05) is 23.9 Å². The van der Waals surface area contributed by atoms with Crippen LogP contribution in [0.4, 0.5) is 5.69 Å². The highest BCUT2D eigenvalue weighted by Gasteiger charge is 2.34. The molecule has 3 heterocycles. The molecule has 0 bridgehead atoms. The van der Waals surface area contributed by atoms with Crippen LogP contribution in [-0.4, -0.2) is 51.2 Å². The summed E-state index contributed by atoms with van der Waals surface area (Å²) in [5, 5.41) is 3.05. The molecule has 2 aromatic heterocycles. The third kappa shape index (κ3) is 5.21. The lowest BCUT2D eigenvalue weighted by Gasteiger charge is -2.24. The molecule has 1 atom stereocenters. The van der Waals surface area contributed by atoms with E-state index in [2.05, 4.69) is 10.3 Å². The Labute approximate surface area is 212 Å². The lowest BCUT2D eigenvalue weighted by Crippen LogP contribution is -2.44. The summed E-state index contributed by atoms with van der Waals surface area (Å²) in [4.78, 5) is 32.6. The SMILES string of the molecule is CCOc1ccc2nc(SCC(=O)N3CCC[C@H]3C(=O)Nc3ccccc3-n3cccc3)sc2c1. The molecule has 4 aromatic rings. The Bertz CT molecular complexity index is 1340. The van der Waals surface area contributed by atoms with Crippen molar-refractivity contribution in [2.24, 2.45) is 0 Å². The summed E-state index contributed by atoms with van der Waals surface area (Å²) in [6.45, 7) is 3.16. The Kier molecular flexibility index (Phi) is 7.06. The van der Waals surface area contributed by atoms with E-state index in [-0.39, 0.29) is 17.6 Å². The maximum atomic E-state index is 13.2. The number of para-hydroxylation sites is 2. The van der Waals surface area contributed by atoms with Gasteiger partial charge < -0.3 is 19.5 Å². The number of thiazole rings is 1. The van der Waals surface area contributed by atoms with Crippen molar-refractivity contribution in [2.45, 2.75) is 30.1 Å². The fraction of sp³-hybridized carbons (Fsp3) is 0.269. The fourth-order valence-corrected chi connectivity index (χ4v) is 6.24. The van der Waals surface area contributed by atoms with E-state index in [1.165, 1.54) is 11.8 Å². The number of benzene rings is 2. The van der Waals surface area contributed by atoms with Crippen molar-refractivity contribution in [1.82, 2.24) is 14.5 Å². The van der Waals surface area contributed by atoms with Gasteiger partial charge in [-0.25, -0.2) is 4.98 Å². The third-order valence-corrected chi connectivity index (χ3v) is 8.04. The van der Waals surface area contributed by atoms with Crippen LogP contribution in [0.15, 0.2) is 71.3 Å². The van der Waals surface area contributed by atoms with Crippen molar-refractivity contribution in [3.8, 4) is 11.4 Å². The quantitative estimate of drug-likeness (QED) is 0.332. The summed E-state index contributed by atoms with van der Waals surface area (Å²) < 4.78 is 9.39. The maximum absolute atomic E-state index is 13.2. The van der Waals surface area contributed by atoms with Crippen LogP contribution < -0.4 is 10.1 Å². The largest absolute Gasteiger partial charge is 0.494 e. The first-order chi connectivity index (χ1) is 17.1. The zero-order valence-electron chi connectivity index (χ0n) is 19.3. The summed E-state index contributed by atoms with van der Waals surface area (Å²) in [7, 11) is 0. The van der Waals surface area contributed by atoms with Gasteiger partial charge in [-0.05, 0) is 62.2 Å². The second-order valence-corrected chi connectivity index (χ2v) is 10.4. The van der Waals surface area contributed by atoms with Crippen molar-refractivity contribution in [3.05, 3.63) is 67.0 Å². The molecule has 1 fully saturated rings. The van der Waals surface area contributed by atoms with Crippen LogP contribution in [0.25, 0.3) is 15.9 Å². The summed E-state index contributed by atoms with van der Waals surface area (Å²) in [5.41, 5.74) is 2.51. The van der Waals surface area contributed by atoms with E-state index < -0.39 is 6.04 Å². The minimum Gasteiger partial charge on any atom is -0.494 e. The number of carbonyl (C=O) groups is 2. The van der Waals surface area contributed by atoms with Crippen LogP contribution in [0.1, 0.15) is 19.8 Å². The van der Waals surface area contributed by atoms with Gasteiger partial charge in [0.25, 0.3) is 0 Å². The Morgan fingerprint density at radius 2 is 2.00 bits per heavy atom. The molecule has 1 aliphatic rings. The van der Waals surface area contributed by atoms with Crippen LogP contribution in [0.5, 0.6) is 5.75 Å². The predicted molar refractivity (Wildman–Crippen MR) is 141 cm³/mol. The van der Waals surface area contributed by atoms with Crippen molar-refractivity contribution in [1.29, 1.82) is 0 Å². The number of thioether (sulfide) groups is 1. The molecule has 0 aliphatic carbocycles. The summed E-state index contributed by atoms with van der Waals surface area (Å²) in [6, 6.07) is 16.9. The van der Waals surface area contributed by atoms with Crippen molar-refractivity contribution in [3.63, 3.8) is 0 Å². The molecule has 35 heavy (non-hydrogen) atoms. The normalized spacial score (nSPS) is 15.5. The number of amides is 2. The van der Waals surface area contributed by atoms with Gasteiger partial charge in [0.05, 0.1) is 34.0 Å². The summed E-state index contributed by atoms with van der Waals surface area (Å²) in [6.07, 6.45) is 5.35. The minimum atomic E-state index is -0.468. The average Bonchev–Trinajstić information content (AvgIpc) is 3.63. The Morgan fingerprint density at radius 1 is 1.17 bits per heavy atom. The average molecular weight is 507 g/mol. The number of aromatic nitrogens is 2. The molecule has 0 radical (unpaired) electrons. The van der Waals surface area contributed by atoms with Crippen LogP contribution >= 0.6 is 23.1 Å². The molecule has 180 valence electrons. The van der Waals surface area contributed by atoms with E-state index in [4.69, 9.17) is 4.74 Å². The lowest BCUT2D eigenvalue weighted by molar-refractivity contribution is -0.134. The first-order valence-corrected chi connectivity index (χ1v) is 13.4. The number of hydrogen-bond acceptors (Lipinski definition) is 6. The van der Waals surface area contributed by atoms with Crippen molar-refractivity contribution < 1.29 is 14.3 Å². The summed E-state index contributed by atoms with van der Waals surface area (Å²) >= 11 is 2.97. The molecule has 2 aromatic carbocycles. The van der Waals surface area contributed by atoms with Gasteiger partial charge >= 0.3 is 0 Å². The highest BCUT2D eigenvalue weighted by atomic mass is 32.2. The zero-order chi connectivity index (χ0) is 24.2. The van der Waals surface area contributed by atoms with Crippen LogP contribution in [0.2, 0.25) is 0 Å². The smallest absolute Gasteiger partial charge is 0.247 e. The van der Waals surface area contributed by atoms with Gasteiger partial charge in [0, 0.05) is 18.9 Å². The Hall–Kier alpha value is -3.30. The first kappa shape index (κ1) is 23.4. The molecule has 1 aliphatic heterocycles. The lowest BCUT2D eigenvalue weighted by atomic mass is 10.2. The molecule has 0 spiro atoms. The number of likely N-dealkylation sites (tertiary alicyclic amines) is 1. The molecule has 1 saturated heterocycles. The van der Waals surface area contributed by atoms with Crippen molar-refractivity contribution >= 4 is 50.8 Å². The number of nitrogens with one attached hydrogen (secondary N) is 1. The molecule has 7 nitrogen and oxygen atoms in total. The third-order valence-electron chi connectivity index (χ3n) is 5.89. The number of anilines is 1. The molecule has 0 unspecified atom stereocenters. The molecule has 9 heteroatoms.